The lowest BCUT2D eigenvalue weighted by Gasteiger charge is -2.03. The molecule has 2 N–H and O–H groups in total. The molecule has 0 saturated carbocycles. The molecule has 0 fully saturated rings. The first-order valence-electron chi connectivity index (χ1n) is 2.56. The van der Waals surface area contributed by atoms with Crippen LogP contribution in [0, 0.1) is 11.3 Å². The normalized spacial score (nSPS) is 11.6. The van der Waals surface area contributed by atoms with Crippen LogP contribution in [0.5, 0.6) is 0 Å². The molecule has 0 unspecified atom stereocenters. The van der Waals surface area contributed by atoms with Crippen LogP contribution in [0.1, 0.15) is 13.3 Å². The van der Waals surface area contributed by atoms with Crippen molar-refractivity contribution in [3.8, 4) is 6.07 Å². The highest BCUT2D eigenvalue weighted by Gasteiger charge is 2.05. The molecule has 0 saturated heterocycles. The largest absolute Gasteiger partial charge is 0.431 e. The first-order chi connectivity index (χ1) is 4.20. The zero-order valence-electron chi connectivity index (χ0n) is 5.13. The van der Waals surface area contributed by atoms with Crippen LogP contribution in [-0.4, -0.2) is 12.2 Å². The number of hydrogen-bond acceptors (Lipinski definition) is 3. The van der Waals surface area contributed by atoms with Crippen LogP contribution >= 0.6 is 0 Å². The van der Waals surface area contributed by atoms with Gasteiger partial charge in [-0.1, -0.05) is 6.92 Å². The Labute approximate surface area is 53.2 Å². The van der Waals surface area contributed by atoms with Crippen molar-refractivity contribution < 1.29 is 9.53 Å². The maximum atomic E-state index is 9.98. The van der Waals surface area contributed by atoms with Crippen molar-refractivity contribution in [1.82, 2.24) is 0 Å². The summed E-state index contributed by atoms with van der Waals surface area (Å²) in [5.74, 6) is 0. The maximum Gasteiger partial charge on any atom is 0.405 e. The van der Waals surface area contributed by atoms with Gasteiger partial charge in [-0.25, -0.2) is 4.79 Å². The number of nitrogens with two attached hydrogens (primary N) is 1. The van der Waals surface area contributed by atoms with E-state index >= 15 is 0 Å². The molecule has 4 nitrogen and oxygen atoms in total. The van der Waals surface area contributed by atoms with E-state index < -0.39 is 12.2 Å². The van der Waals surface area contributed by atoms with Crippen LogP contribution in [0.3, 0.4) is 0 Å². The minimum absolute atomic E-state index is 0.472. The van der Waals surface area contributed by atoms with Gasteiger partial charge in [0.25, 0.3) is 0 Å². The summed E-state index contributed by atoms with van der Waals surface area (Å²) in [5, 5.41) is 8.19. The lowest BCUT2D eigenvalue weighted by molar-refractivity contribution is 0.130. The van der Waals surface area contributed by atoms with Gasteiger partial charge >= 0.3 is 6.09 Å². The van der Waals surface area contributed by atoms with Gasteiger partial charge in [0.1, 0.15) is 6.07 Å². The molecule has 1 amide bonds. The van der Waals surface area contributed by atoms with E-state index in [-0.39, 0.29) is 0 Å². The molecule has 0 aromatic heterocycles. The van der Waals surface area contributed by atoms with Gasteiger partial charge < -0.3 is 10.5 Å². The Kier molecular flexibility index (Phi) is 3.21. The summed E-state index contributed by atoms with van der Waals surface area (Å²) < 4.78 is 4.33. The smallest absolute Gasteiger partial charge is 0.405 e. The van der Waals surface area contributed by atoms with E-state index in [9.17, 15) is 4.79 Å². The summed E-state index contributed by atoms with van der Waals surface area (Å²) in [4.78, 5) is 9.98. The number of rotatable bonds is 2. The van der Waals surface area contributed by atoms with E-state index in [4.69, 9.17) is 5.26 Å². The molecule has 0 aliphatic rings. The molecule has 0 aliphatic heterocycles. The third-order valence-electron chi connectivity index (χ3n) is 0.773. The number of hydrogen-bond donors (Lipinski definition) is 1. The monoisotopic (exact) mass is 128 g/mol. The van der Waals surface area contributed by atoms with Crippen molar-refractivity contribution in [3.05, 3.63) is 0 Å². The molecule has 9 heavy (non-hydrogen) atoms. The van der Waals surface area contributed by atoms with Gasteiger partial charge in [-0.3, -0.25) is 0 Å². The van der Waals surface area contributed by atoms with Crippen LogP contribution in [0.4, 0.5) is 4.79 Å². The minimum Gasteiger partial charge on any atom is -0.431 e. The molecular weight excluding hydrogens is 120 g/mol. The third kappa shape index (κ3) is 3.35. The first-order valence-corrected chi connectivity index (χ1v) is 2.56. The second kappa shape index (κ2) is 3.72. The highest BCUT2D eigenvalue weighted by Crippen LogP contribution is 1.93. The van der Waals surface area contributed by atoms with Gasteiger partial charge in [0, 0.05) is 0 Å². The van der Waals surface area contributed by atoms with Crippen LogP contribution in [0.25, 0.3) is 0 Å². The van der Waals surface area contributed by atoms with Gasteiger partial charge in [-0.2, -0.15) is 5.26 Å². The summed E-state index contributed by atoms with van der Waals surface area (Å²) in [6, 6.07) is 1.76. The van der Waals surface area contributed by atoms with Crippen molar-refractivity contribution in [2.75, 3.05) is 0 Å². The SMILES string of the molecule is CC[C@H](C#N)OC(N)=O. The highest BCUT2D eigenvalue weighted by atomic mass is 16.6. The molecule has 0 radical (unpaired) electrons. The number of nitriles is 1. The van der Waals surface area contributed by atoms with Gasteiger partial charge in [-0.05, 0) is 6.42 Å². The third-order valence-corrected chi connectivity index (χ3v) is 0.773. The first kappa shape index (κ1) is 7.76. The maximum absolute atomic E-state index is 9.98. The fraction of sp³-hybridized carbons (Fsp3) is 0.600. The summed E-state index contributed by atoms with van der Waals surface area (Å²) in [7, 11) is 0. The predicted octanol–water partition coefficient (Wildman–Crippen LogP) is 0.384. The second-order valence-corrected chi connectivity index (χ2v) is 1.46. The standard InChI is InChI=1S/C5H8N2O2/c1-2-4(3-6)9-5(7)8/h4H,2H2,1H3,(H2,7,8)/t4-/m1/s1. The lowest BCUT2D eigenvalue weighted by atomic mass is 10.3. The summed E-state index contributed by atoms with van der Waals surface area (Å²) >= 11 is 0. The molecule has 0 rings (SSSR count). The Hall–Kier alpha value is -1.24. The molecule has 1 atom stereocenters. The predicted molar refractivity (Wildman–Crippen MR) is 30.4 cm³/mol. The van der Waals surface area contributed by atoms with Crippen molar-refractivity contribution in [3.63, 3.8) is 0 Å². The van der Waals surface area contributed by atoms with Gasteiger partial charge in [-0.15, -0.1) is 0 Å². The van der Waals surface area contributed by atoms with Crippen LogP contribution < -0.4 is 5.73 Å². The zero-order chi connectivity index (χ0) is 7.28. The Bertz CT molecular complexity index is 138. The summed E-state index contributed by atoms with van der Waals surface area (Å²) in [6.45, 7) is 1.73. The van der Waals surface area contributed by atoms with Crippen molar-refractivity contribution in [2.24, 2.45) is 5.73 Å². The van der Waals surface area contributed by atoms with Gasteiger partial charge in [0.15, 0.2) is 6.10 Å². The number of ether oxygens (including phenoxy) is 1. The van der Waals surface area contributed by atoms with Crippen LogP contribution in [0.2, 0.25) is 0 Å². The van der Waals surface area contributed by atoms with E-state index in [2.05, 4.69) is 10.5 Å². The Balaban J connectivity index is 3.60. The van der Waals surface area contributed by atoms with E-state index in [0.29, 0.717) is 6.42 Å². The zero-order valence-corrected chi connectivity index (χ0v) is 5.13. The van der Waals surface area contributed by atoms with Gasteiger partial charge in [0.05, 0.1) is 0 Å². The summed E-state index contributed by atoms with van der Waals surface area (Å²) in [5.41, 5.74) is 4.63. The Morgan fingerprint density at radius 2 is 2.56 bits per heavy atom. The molecular formula is C5H8N2O2. The lowest BCUT2D eigenvalue weighted by Crippen LogP contribution is -2.20. The molecule has 0 heterocycles. The Morgan fingerprint density at radius 3 is 2.67 bits per heavy atom. The van der Waals surface area contributed by atoms with E-state index in [1.165, 1.54) is 0 Å². The number of carbonyl (C=O) groups excluding carboxylic acids is 1. The average Bonchev–Trinajstić information content (AvgIpc) is 1.82. The molecule has 50 valence electrons. The second-order valence-electron chi connectivity index (χ2n) is 1.46. The number of nitrogens with zero attached hydrogens (tertiary/aromatic N) is 1. The topological polar surface area (TPSA) is 76.1 Å². The fourth-order valence-corrected chi connectivity index (χ4v) is 0.341. The highest BCUT2D eigenvalue weighted by molar-refractivity contribution is 5.65. The fourth-order valence-electron chi connectivity index (χ4n) is 0.341. The molecule has 4 heteroatoms. The van der Waals surface area contributed by atoms with Crippen molar-refractivity contribution in [2.45, 2.75) is 19.4 Å². The van der Waals surface area contributed by atoms with Crippen LogP contribution in [-0.2, 0) is 4.74 Å². The molecule has 0 spiro atoms. The van der Waals surface area contributed by atoms with E-state index in [1.54, 1.807) is 13.0 Å². The van der Waals surface area contributed by atoms with Crippen LogP contribution in [0.15, 0.2) is 0 Å². The Morgan fingerprint density at radius 1 is 2.00 bits per heavy atom. The minimum atomic E-state index is -0.900. The molecule has 0 bridgehead atoms. The number of primary amides is 1. The number of carbonyl (C=O) groups is 1. The molecule has 0 aromatic rings. The van der Waals surface area contributed by atoms with E-state index in [1.807, 2.05) is 0 Å². The van der Waals surface area contributed by atoms with Gasteiger partial charge in [0.2, 0.25) is 0 Å². The molecule has 0 aliphatic carbocycles. The van der Waals surface area contributed by atoms with E-state index in [0.717, 1.165) is 0 Å². The average molecular weight is 128 g/mol. The van der Waals surface area contributed by atoms with Crippen molar-refractivity contribution in [1.29, 1.82) is 5.26 Å². The quantitative estimate of drug-likeness (QED) is 0.584. The van der Waals surface area contributed by atoms with Crippen molar-refractivity contribution >= 4 is 6.09 Å². The summed E-state index contributed by atoms with van der Waals surface area (Å²) in [6.07, 6.45) is -1.12. The molecule has 0 aromatic carbocycles. The number of amides is 1.